The lowest BCUT2D eigenvalue weighted by Crippen LogP contribution is -2.38. The first kappa shape index (κ1) is 22.9. The number of ether oxygens (including phenoxy) is 2. The molecule has 2 aromatic rings. The number of nitrogens with zero attached hydrogens (tertiary/aromatic N) is 1. The van der Waals surface area contributed by atoms with E-state index in [1.807, 2.05) is 24.3 Å². The minimum Gasteiger partial charge on any atom is -0.492 e. The Hall–Kier alpha value is -2.78. The van der Waals surface area contributed by atoms with Gasteiger partial charge in [0, 0.05) is 26.2 Å². The van der Waals surface area contributed by atoms with Gasteiger partial charge in [0.25, 0.3) is 0 Å². The first-order valence-electron chi connectivity index (χ1n) is 10.1. The van der Waals surface area contributed by atoms with Crippen molar-refractivity contribution in [1.82, 2.24) is 15.5 Å². The van der Waals surface area contributed by atoms with Crippen LogP contribution in [0.5, 0.6) is 5.75 Å². The summed E-state index contributed by atoms with van der Waals surface area (Å²) in [6.07, 6.45) is -4.42. The van der Waals surface area contributed by atoms with Gasteiger partial charge in [-0.25, -0.2) is 4.79 Å². The van der Waals surface area contributed by atoms with E-state index in [1.165, 1.54) is 12.1 Å². The van der Waals surface area contributed by atoms with E-state index in [1.54, 1.807) is 0 Å². The van der Waals surface area contributed by atoms with Crippen LogP contribution < -0.4 is 15.4 Å². The molecule has 1 fully saturated rings. The molecule has 31 heavy (non-hydrogen) atoms. The van der Waals surface area contributed by atoms with Gasteiger partial charge in [0.15, 0.2) is 0 Å². The molecule has 1 aliphatic heterocycles. The van der Waals surface area contributed by atoms with Crippen LogP contribution >= 0.6 is 0 Å². The lowest BCUT2D eigenvalue weighted by atomic mass is 10.1. The van der Waals surface area contributed by atoms with Crippen LogP contribution in [0.2, 0.25) is 0 Å². The van der Waals surface area contributed by atoms with Gasteiger partial charge in [-0.2, -0.15) is 13.2 Å². The topological polar surface area (TPSA) is 62.8 Å². The molecule has 2 N–H and O–H groups in total. The van der Waals surface area contributed by atoms with Crippen LogP contribution in [0.3, 0.4) is 0 Å². The van der Waals surface area contributed by atoms with Gasteiger partial charge in [0.1, 0.15) is 12.4 Å². The number of alkyl halides is 3. The van der Waals surface area contributed by atoms with Crippen molar-refractivity contribution < 1.29 is 27.4 Å². The number of nitrogens with one attached hydrogen (secondary N) is 2. The summed E-state index contributed by atoms with van der Waals surface area (Å²) in [6, 6.07) is 12.2. The van der Waals surface area contributed by atoms with E-state index >= 15 is 0 Å². The van der Waals surface area contributed by atoms with E-state index in [-0.39, 0.29) is 24.9 Å². The number of benzene rings is 2. The third-order valence-electron chi connectivity index (χ3n) is 4.87. The highest BCUT2D eigenvalue weighted by Gasteiger charge is 2.30. The fourth-order valence-electron chi connectivity index (χ4n) is 3.22. The van der Waals surface area contributed by atoms with Gasteiger partial charge in [0.05, 0.1) is 25.3 Å². The molecule has 0 aromatic heterocycles. The predicted octanol–water partition coefficient (Wildman–Crippen LogP) is 3.42. The summed E-state index contributed by atoms with van der Waals surface area (Å²) >= 11 is 0. The van der Waals surface area contributed by atoms with Crippen molar-refractivity contribution >= 4 is 6.03 Å². The highest BCUT2D eigenvalue weighted by atomic mass is 19.4. The summed E-state index contributed by atoms with van der Waals surface area (Å²) in [5.41, 5.74) is 1.41. The van der Waals surface area contributed by atoms with Crippen molar-refractivity contribution in [3.8, 4) is 5.75 Å². The van der Waals surface area contributed by atoms with Gasteiger partial charge >= 0.3 is 12.2 Å². The Balaban J connectivity index is 1.40. The average molecular weight is 437 g/mol. The molecule has 0 radical (unpaired) electrons. The Labute approximate surface area is 179 Å². The lowest BCUT2D eigenvalue weighted by molar-refractivity contribution is -0.137. The number of halogens is 3. The van der Waals surface area contributed by atoms with Crippen molar-refractivity contribution in [2.75, 3.05) is 39.5 Å². The van der Waals surface area contributed by atoms with Gasteiger partial charge in [0.2, 0.25) is 0 Å². The highest BCUT2D eigenvalue weighted by molar-refractivity contribution is 5.73. The molecule has 2 amide bonds. The van der Waals surface area contributed by atoms with Crippen LogP contribution in [0, 0.1) is 0 Å². The zero-order chi connectivity index (χ0) is 22.1. The second-order valence-electron chi connectivity index (χ2n) is 7.14. The zero-order valence-electron chi connectivity index (χ0n) is 17.1. The van der Waals surface area contributed by atoms with Gasteiger partial charge < -0.3 is 20.1 Å². The number of hydrogen-bond acceptors (Lipinski definition) is 4. The molecule has 168 valence electrons. The molecule has 9 heteroatoms. The van der Waals surface area contributed by atoms with E-state index in [9.17, 15) is 18.0 Å². The van der Waals surface area contributed by atoms with Crippen LogP contribution in [0.25, 0.3) is 0 Å². The molecule has 0 aliphatic carbocycles. The number of hydrogen-bond donors (Lipinski definition) is 2. The molecule has 0 bridgehead atoms. The number of urea groups is 1. The minimum absolute atomic E-state index is 0.0579. The van der Waals surface area contributed by atoms with Crippen LogP contribution in [-0.4, -0.2) is 50.4 Å². The van der Waals surface area contributed by atoms with E-state index < -0.39 is 11.7 Å². The molecule has 6 nitrogen and oxygen atoms in total. The third-order valence-corrected chi connectivity index (χ3v) is 4.87. The first-order valence-corrected chi connectivity index (χ1v) is 10.1. The summed E-state index contributed by atoms with van der Waals surface area (Å²) in [5, 5.41) is 5.45. The third kappa shape index (κ3) is 7.45. The van der Waals surface area contributed by atoms with Crippen LogP contribution in [0.4, 0.5) is 18.0 Å². The quantitative estimate of drug-likeness (QED) is 0.622. The molecule has 2 aromatic carbocycles. The molecular formula is C22H26F3N3O3. The fourth-order valence-corrected chi connectivity index (χ4v) is 3.22. The maximum absolute atomic E-state index is 12.7. The maximum Gasteiger partial charge on any atom is 0.416 e. The summed E-state index contributed by atoms with van der Waals surface area (Å²) in [6.45, 7) is 4.62. The Morgan fingerprint density at radius 3 is 2.52 bits per heavy atom. The summed E-state index contributed by atoms with van der Waals surface area (Å²) in [7, 11) is 0. The van der Waals surface area contributed by atoms with E-state index in [0.717, 1.165) is 56.1 Å². The molecule has 1 heterocycles. The van der Waals surface area contributed by atoms with E-state index in [2.05, 4.69) is 15.5 Å². The smallest absolute Gasteiger partial charge is 0.416 e. The van der Waals surface area contributed by atoms with Gasteiger partial charge in [-0.1, -0.05) is 30.3 Å². The normalized spacial score (nSPS) is 14.8. The highest BCUT2D eigenvalue weighted by Crippen LogP contribution is 2.31. The molecule has 0 saturated carbocycles. The monoisotopic (exact) mass is 437 g/mol. The van der Waals surface area contributed by atoms with Crippen molar-refractivity contribution in [2.45, 2.75) is 19.3 Å². The Morgan fingerprint density at radius 2 is 1.77 bits per heavy atom. The Morgan fingerprint density at radius 1 is 1.03 bits per heavy atom. The van der Waals surface area contributed by atoms with Crippen LogP contribution in [0.15, 0.2) is 48.5 Å². The second kappa shape index (κ2) is 11.0. The molecule has 0 unspecified atom stereocenters. The Bertz CT molecular complexity index is 855. The molecule has 1 aliphatic rings. The SMILES string of the molecule is O=C(NCCOc1cccc(C(F)(F)F)c1)NCc1ccccc1CN1CCOCC1. The van der Waals surface area contributed by atoms with Crippen molar-refractivity contribution in [3.05, 3.63) is 65.2 Å². The average Bonchev–Trinajstić information content (AvgIpc) is 2.76. The fraction of sp³-hybridized carbons (Fsp3) is 0.409. The largest absolute Gasteiger partial charge is 0.492 e. The van der Waals surface area contributed by atoms with E-state index in [4.69, 9.17) is 9.47 Å². The number of rotatable bonds is 8. The van der Waals surface area contributed by atoms with Gasteiger partial charge in [-0.3, -0.25) is 4.90 Å². The van der Waals surface area contributed by atoms with Crippen molar-refractivity contribution in [1.29, 1.82) is 0 Å². The lowest BCUT2D eigenvalue weighted by Gasteiger charge is -2.27. The van der Waals surface area contributed by atoms with Gasteiger partial charge in [-0.15, -0.1) is 0 Å². The maximum atomic E-state index is 12.7. The van der Waals surface area contributed by atoms with E-state index in [0.29, 0.717) is 6.54 Å². The summed E-state index contributed by atoms with van der Waals surface area (Å²) in [5.74, 6) is 0.106. The van der Waals surface area contributed by atoms with Crippen molar-refractivity contribution in [3.63, 3.8) is 0 Å². The Kier molecular flexibility index (Phi) is 8.13. The zero-order valence-corrected chi connectivity index (χ0v) is 17.1. The number of amides is 2. The first-order chi connectivity index (χ1) is 14.9. The predicted molar refractivity (Wildman–Crippen MR) is 110 cm³/mol. The molecule has 0 spiro atoms. The van der Waals surface area contributed by atoms with Crippen LogP contribution in [-0.2, 0) is 24.0 Å². The molecular weight excluding hydrogens is 411 g/mol. The number of carbonyl (C=O) groups excluding carboxylic acids is 1. The number of carbonyl (C=O) groups is 1. The molecule has 1 saturated heterocycles. The number of morpholine rings is 1. The molecule has 3 rings (SSSR count). The standard InChI is InChI=1S/C22H26F3N3O3/c23-22(24,25)19-6-3-7-20(14-19)31-11-8-26-21(29)27-15-17-4-1-2-5-18(17)16-28-9-12-30-13-10-28/h1-7,14H,8-13,15-16H2,(H2,26,27,29). The summed E-state index contributed by atoms with van der Waals surface area (Å²) < 4.78 is 48.8. The van der Waals surface area contributed by atoms with Crippen molar-refractivity contribution in [2.24, 2.45) is 0 Å². The van der Waals surface area contributed by atoms with Crippen LogP contribution in [0.1, 0.15) is 16.7 Å². The van der Waals surface area contributed by atoms with Gasteiger partial charge in [-0.05, 0) is 29.3 Å². The molecule has 0 atom stereocenters. The summed E-state index contributed by atoms with van der Waals surface area (Å²) in [4.78, 5) is 14.4. The minimum atomic E-state index is -4.42. The second-order valence-corrected chi connectivity index (χ2v) is 7.14.